The molecule has 2 aromatic carbocycles. The van der Waals surface area contributed by atoms with E-state index in [2.05, 4.69) is 24.5 Å². The number of thiocarbonyl (C=S) groups is 1. The number of carbonyl (C=O) groups excluding carboxylic acids is 1. The van der Waals surface area contributed by atoms with E-state index >= 15 is 0 Å². The molecule has 0 saturated carbocycles. The fourth-order valence-corrected chi connectivity index (χ4v) is 2.49. The maximum absolute atomic E-state index is 12.2. The lowest BCUT2D eigenvalue weighted by Crippen LogP contribution is -2.34. The average Bonchev–Trinajstić information content (AvgIpc) is 2.56. The highest BCUT2D eigenvalue weighted by atomic mass is 32.1. The first-order chi connectivity index (χ1) is 11.8. The zero-order valence-corrected chi connectivity index (χ0v) is 15.1. The van der Waals surface area contributed by atoms with Crippen molar-refractivity contribution in [2.24, 2.45) is 0 Å². The second kappa shape index (κ2) is 7.90. The highest BCUT2D eigenvalue weighted by Gasteiger charge is 2.11. The van der Waals surface area contributed by atoms with Crippen LogP contribution in [0.5, 0.6) is 0 Å². The lowest BCUT2D eigenvalue weighted by atomic mass is 10.0. The first-order valence-corrected chi connectivity index (χ1v) is 8.25. The van der Waals surface area contributed by atoms with Crippen molar-refractivity contribution < 1.29 is 14.7 Å². The van der Waals surface area contributed by atoms with Crippen molar-refractivity contribution in [2.75, 3.05) is 5.32 Å². The molecule has 0 radical (unpaired) electrons. The van der Waals surface area contributed by atoms with Gasteiger partial charge in [0.1, 0.15) is 0 Å². The lowest BCUT2D eigenvalue weighted by Gasteiger charge is -2.12. The number of aryl methyl sites for hydroxylation is 1. The second-order valence-corrected chi connectivity index (χ2v) is 6.43. The van der Waals surface area contributed by atoms with Gasteiger partial charge in [-0.1, -0.05) is 26.0 Å². The van der Waals surface area contributed by atoms with E-state index in [4.69, 9.17) is 17.3 Å². The maximum atomic E-state index is 12.2. The van der Waals surface area contributed by atoms with Crippen LogP contribution >= 0.6 is 12.2 Å². The van der Waals surface area contributed by atoms with Gasteiger partial charge in [-0.05, 0) is 66.5 Å². The van der Waals surface area contributed by atoms with Crippen LogP contribution in [0.4, 0.5) is 5.69 Å². The summed E-state index contributed by atoms with van der Waals surface area (Å²) >= 11 is 5.16. The molecular formula is C19H20N2O3S. The van der Waals surface area contributed by atoms with Crippen molar-refractivity contribution in [1.29, 1.82) is 0 Å². The van der Waals surface area contributed by atoms with E-state index in [0.717, 1.165) is 11.1 Å². The number of hydrogen-bond donors (Lipinski definition) is 3. The molecule has 130 valence electrons. The van der Waals surface area contributed by atoms with Gasteiger partial charge in [0.05, 0.1) is 5.56 Å². The van der Waals surface area contributed by atoms with Crippen LogP contribution in [0.2, 0.25) is 0 Å². The van der Waals surface area contributed by atoms with Gasteiger partial charge >= 0.3 is 5.97 Å². The molecule has 3 N–H and O–H groups in total. The van der Waals surface area contributed by atoms with E-state index in [1.165, 1.54) is 6.07 Å². The first-order valence-electron chi connectivity index (χ1n) is 7.84. The summed E-state index contributed by atoms with van der Waals surface area (Å²) in [6.45, 7) is 5.95. The van der Waals surface area contributed by atoms with Gasteiger partial charge in [0, 0.05) is 11.3 Å². The predicted octanol–water partition coefficient (Wildman–Crippen LogP) is 3.94. The van der Waals surface area contributed by atoms with Crippen molar-refractivity contribution in [3.8, 4) is 0 Å². The minimum Gasteiger partial charge on any atom is -0.478 e. The fraction of sp³-hybridized carbons (Fsp3) is 0.211. The number of aromatic carboxylic acids is 1. The third kappa shape index (κ3) is 4.87. The summed E-state index contributed by atoms with van der Waals surface area (Å²) in [4.78, 5) is 23.2. The summed E-state index contributed by atoms with van der Waals surface area (Å²) in [5, 5.41) is 14.7. The molecule has 25 heavy (non-hydrogen) atoms. The van der Waals surface area contributed by atoms with E-state index in [1.54, 1.807) is 31.2 Å². The molecule has 0 aliphatic carbocycles. The van der Waals surface area contributed by atoms with Gasteiger partial charge in [-0.2, -0.15) is 0 Å². The van der Waals surface area contributed by atoms with Crippen LogP contribution in [0, 0.1) is 6.92 Å². The summed E-state index contributed by atoms with van der Waals surface area (Å²) in [5.74, 6) is -0.889. The van der Waals surface area contributed by atoms with Crippen molar-refractivity contribution in [3.05, 3.63) is 64.7 Å². The Bertz CT molecular complexity index is 814. The number of nitrogens with one attached hydrogen (secondary N) is 2. The van der Waals surface area contributed by atoms with Crippen molar-refractivity contribution >= 4 is 34.9 Å². The number of anilines is 1. The molecule has 6 heteroatoms. The molecule has 0 spiro atoms. The maximum Gasteiger partial charge on any atom is 0.335 e. The SMILES string of the molecule is Cc1cc(C(=O)O)ccc1NC(=S)NC(=O)c1ccc(C(C)C)cc1. The number of carboxylic acid groups (broad SMARTS) is 1. The molecule has 0 fully saturated rings. The number of amides is 1. The third-order valence-electron chi connectivity index (χ3n) is 3.79. The normalized spacial score (nSPS) is 10.4. The zero-order chi connectivity index (χ0) is 18.6. The van der Waals surface area contributed by atoms with Crippen LogP contribution < -0.4 is 10.6 Å². The number of hydrogen-bond acceptors (Lipinski definition) is 3. The van der Waals surface area contributed by atoms with Crippen LogP contribution in [0.25, 0.3) is 0 Å². The van der Waals surface area contributed by atoms with E-state index in [-0.39, 0.29) is 16.6 Å². The molecule has 0 heterocycles. The smallest absolute Gasteiger partial charge is 0.335 e. The molecule has 0 aliphatic rings. The highest BCUT2D eigenvalue weighted by Crippen LogP contribution is 2.17. The van der Waals surface area contributed by atoms with Gasteiger partial charge in [-0.3, -0.25) is 10.1 Å². The number of benzene rings is 2. The Morgan fingerprint density at radius 2 is 1.64 bits per heavy atom. The molecule has 0 bridgehead atoms. The number of rotatable bonds is 4. The van der Waals surface area contributed by atoms with Crippen molar-refractivity contribution in [1.82, 2.24) is 5.32 Å². The average molecular weight is 356 g/mol. The van der Waals surface area contributed by atoms with Crippen LogP contribution in [0.15, 0.2) is 42.5 Å². The van der Waals surface area contributed by atoms with Gasteiger partial charge in [0.25, 0.3) is 5.91 Å². The van der Waals surface area contributed by atoms with Gasteiger partial charge in [0.15, 0.2) is 5.11 Å². The molecule has 0 aliphatic heterocycles. The van der Waals surface area contributed by atoms with Gasteiger partial charge in [-0.25, -0.2) is 4.79 Å². The van der Waals surface area contributed by atoms with E-state index in [0.29, 0.717) is 17.2 Å². The zero-order valence-electron chi connectivity index (χ0n) is 14.3. The Morgan fingerprint density at radius 1 is 1.04 bits per heavy atom. The number of carboxylic acids is 1. The molecule has 0 unspecified atom stereocenters. The predicted molar refractivity (Wildman–Crippen MR) is 102 cm³/mol. The third-order valence-corrected chi connectivity index (χ3v) is 3.99. The molecule has 2 rings (SSSR count). The molecule has 1 amide bonds. The lowest BCUT2D eigenvalue weighted by molar-refractivity contribution is 0.0696. The Kier molecular flexibility index (Phi) is 5.88. The molecule has 2 aromatic rings. The van der Waals surface area contributed by atoms with Crippen LogP contribution in [0.3, 0.4) is 0 Å². The van der Waals surface area contributed by atoms with Gasteiger partial charge in [0.2, 0.25) is 0 Å². The molecule has 0 saturated heterocycles. The Balaban J connectivity index is 2.02. The minimum atomic E-state index is -0.990. The van der Waals surface area contributed by atoms with Crippen LogP contribution in [-0.2, 0) is 0 Å². The molecular weight excluding hydrogens is 336 g/mol. The quantitative estimate of drug-likeness (QED) is 0.723. The summed E-state index contributed by atoms with van der Waals surface area (Å²) < 4.78 is 0. The summed E-state index contributed by atoms with van der Waals surface area (Å²) in [6.07, 6.45) is 0. The molecule has 0 atom stereocenters. The monoisotopic (exact) mass is 356 g/mol. The van der Waals surface area contributed by atoms with Gasteiger partial charge < -0.3 is 10.4 Å². The molecule has 0 aromatic heterocycles. The fourth-order valence-electron chi connectivity index (χ4n) is 2.29. The second-order valence-electron chi connectivity index (χ2n) is 6.02. The largest absolute Gasteiger partial charge is 0.478 e. The topological polar surface area (TPSA) is 78.4 Å². The summed E-state index contributed by atoms with van der Waals surface area (Å²) in [6, 6.07) is 12.0. The number of carbonyl (C=O) groups is 2. The first kappa shape index (κ1) is 18.6. The van der Waals surface area contributed by atoms with E-state index in [1.807, 2.05) is 12.1 Å². The van der Waals surface area contributed by atoms with Crippen molar-refractivity contribution in [3.63, 3.8) is 0 Å². The van der Waals surface area contributed by atoms with E-state index < -0.39 is 5.97 Å². The minimum absolute atomic E-state index is 0.157. The Morgan fingerprint density at radius 3 is 2.16 bits per heavy atom. The Hall–Kier alpha value is -2.73. The van der Waals surface area contributed by atoms with Crippen molar-refractivity contribution in [2.45, 2.75) is 26.7 Å². The van der Waals surface area contributed by atoms with E-state index in [9.17, 15) is 9.59 Å². The summed E-state index contributed by atoms with van der Waals surface area (Å²) in [5.41, 5.74) is 3.24. The Labute approximate surface area is 152 Å². The molecule has 5 nitrogen and oxygen atoms in total. The van der Waals surface area contributed by atoms with Crippen LogP contribution in [-0.4, -0.2) is 22.1 Å². The highest BCUT2D eigenvalue weighted by molar-refractivity contribution is 7.80. The van der Waals surface area contributed by atoms with Crippen LogP contribution in [0.1, 0.15) is 51.6 Å². The van der Waals surface area contributed by atoms with Gasteiger partial charge in [-0.15, -0.1) is 0 Å². The standard InChI is InChI=1S/C19H20N2O3S/c1-11(2)13-4-6-14(7-5-13)17(22)21-19(25)20-16-9-8-15(18(23)24)10-12(16)3/h4-11H,1-3H3,(H,23,24)(H2,20,21,22,25). The summed E-state index contributed by atoms with van der Waals surface area (Å²) in [7, 11) is 0.